The number of nitrogens with two attached hydrogens (primary N) is 1. The highest BCUT2D eigenvalue weighted by molar-refractivity contribution is 5.80. The Morgan fingerprint density at radius 3 is 2.13 bits per heavy atom. The van der Waals surface area contributed by atoms with Gasteiger partial charge < -0.3 is 10.5 Å². The molecule has 1 aliphatic carbocycles. The average molecular weight is 651 g/mol. The van der Waals surface area contributed by atoms with Gasteiger partial charge in [-0.05, 0) is 111 Å². The zero-order valence-corrected chi connectivity index (χ0v) is 28.7. The lowest BCUT2D eigenvalue weighted by atomic mass is 9.82. The van der Waals surface area contributed by atoms with Crippen LogP contribution in [-0.4, -0.2) is 59.0 Å². The predicted molar refractivity (Wildman–Crippen MR) is 180 cm³/mol. The van der Waals surface area contributed by atoms with Gasteiger partial charge in [-0.15, -0.1) is 0 Å². The summed E-state index contributed by atoms with van der Waals surface area (Å²) in [5, 5.41) is 4.63. The zero-order chi connectivity index (χ0) is 34.6. The summed E-state index contributed by atoms with van der Waals surface area (Å²) in [7, 11) is 0. The number of likely N-dealkylation sites (tertiary alicyclic amines) is 1. The highest BCUT2D eigenvalue weighted by atomic mass is 19.1. The van der Waals surface area contributed by atoms with E-state index in [-0.39, 0.29) is 17.7 Å². The van der Waals surface area contributed by atoms with Gasteiger partial charge in [-0.2, -0.15) is 5.10 Å². The number of nitrogens with zero attached hydrogens (tertiary/aromatic N) is 3. The molecule has 2 N–H and O–H groups in total. The van der Waals surface area contributed by atoms with Crippen molar-refractivity contribution in [1.82, 2.24) is 14.7 Å². The number of rotatable bonds is 11. The first-order valence-corrected chi connectivity index (χ1v) is 16.5. The Morgan fingerprint density at radius 1 is 0.979 bits per heavy atom. The predicted octanol–water partition coefficient (Wildman–Crippen LogP) is 5.97. The minimum Gasteiger partial charge on any atom is -0.466 e. The van der Waals surface area contributed by atoms with Crippen LogP contribution in [0.5, 0.6) is 0 Å². The van der Waals surface area contributed by atoms with E-state index in [1.807, 2.05) is 37.8 Å². The van der Waals surface area contributed by atoms with E-state index >= 15 is 4.39 Å². The number of halogens is 2. The first kappa shape index (κ1) is 35.9. The number of esters is 1. The van der Waals surface area contributed by atoms with Crippen LogP contribution in [0.15, 0.2) is 35.1 Å². The first-order chi connectivity index (χ1) is 22.2. The van der Waals surface area contributed by atoms with Crippen molar-refractivity contribution in [2.75, 3.05) is 26.2 Å². The monoisotopic (exact) mass is 650 g/mol. The topological polar surface area (TPSA) is 108 Å². The highest BCUT2D eigenvalue weighted by Gasteiger charge is 2.44. The van der Waals surface area contributed by atoms with E-state index in [1.165, 1.54) is 10.7 Å². The number of benzene rings is 2. The van der Waals surface area contributed by atoms with Gasteiger partial charge in [0.15, 0.2) is 0 Å². The summed E-state index contributed by atoms with van der Waals surface area (Å²) < 4.78 is 35.0. The molecule has 0 radical (unpaired) electrons. The number of hydrogen-bond donors (Lipinski definition) is 1. The number of hydrogen-bond acceptors (Lipinski definition) is 6. The molecule has 8 nitrogen and oxygen atoms in total. The molecule has 2 atom stereocenters. The van der Waals surface area contributed by atoms with Crippen molar-refractivity contribution >= 4 is 11.9 Å². The first-order valence-electron chi connectivity index (χ1n) is 16.5. The molecule has 1 amide bonds. The highest BCUT2D eigenvalue weighted by Crippen LogP contribution is 2.49. The third-order valence-electron chi connectivity index (χ3n) is 9.05. The second-order valence-corrected chi connectivity index (χ2v) is 13.0. The van der Waals surface area contributed by atoms with E-state index in [4.69, 9.17) is 5.73 Å². The zero-order valence-electron chi connectivity index (χ0n) is 28.7. The molecule has 47 heavy (non-hydrogen) atoms. The number of aromatic nitrogens is 2. The lowest BCUT2D eigenvalue weighted by Gasteiger charge is -2.34. The maximum atomic E-state index is 16.0. The van der Waals surface area contributed by atoms with Gasteiger partial charge in [0.25, 0.3) is 5.56 Å². The van der Waals surface area contributed by atoms with Gasteiger partial charge in [-0.3, -0.25) is 19.3 Å². The molecule has 10 heteroatoms. The largest absolute Gasteiger partial charge is 0.466 e. The molecule has 3 aromatic rings. The van der Waals surface area contributed by atoms with Crippen LogP contribution in [-0.2, 0) is 20.7 Å². The normalized spacial score (nSPS) is 16.1. The molecule has 2 aliphatic rings. The van der Waals surface area contributed by atoms with Crippen LogP contribution in [0.3, 0.4) is 0 Å². The molecule has 0 bridgehead atoms. The third kappa shape index (κ3) is 8.52. The molecule has 2 fully saturated rings. The summed E-state index contributed by atoms with van der Waals surface area (Å²) >= 11 is 0. The Hall–Kier alpha value is -3.92. The number of primary amides is 1. The molecule has 1 saturated carbocycles. The molecular formula is C37H48F2N4O4. The minimum atomic E-state index is -1.14. The Bertz CT molecular complexity index is 1650. The molecule has 1 aromatic heterocycles. The fraction of sp³-hybridized carbons (Fsp3) is 0.514. The van der Waals surface area contributed by atoms with Crippen molar-refractivity contribution in [3.63, 3.8) is 0 Å². The Balaban J connectivity index is 0.000000644. The second kappa shape index (κ2) is 15.3. The van der Waals surface area contributed by atoms with Crippen molar-refractivity contribution in [3.8, 4) is 11.1 Å². The van der Waals surface area contributed by atoms with Gasteiger partial charge in [-0.25, -0.2) is 13.5 Å². The van der Waals surface area contributed by atoms with Gasteiger partial charge in [0.05, 0.1) is 12.3 Å². The molecule has 1 aliphatic heterocycles. The van der Waals surface area contributed by atoms with Crippen molar-refractivity contribution in [3.05, 3.63) is 85.6 Å². The van der Waals surface area contributed by atoms with Gasteiger partial charge in [0, 0.05) is 44.5 Å². The standard InChI is InChI=1S/C32H38F2N4O2.C5H10O2/c1-17-10-19(3)28(20(4)11-17)23-12-21(5)30(34)25(14-23)29(22-6-7-22)31(32(35)40)38-27(39)13-18(2)26(36-38)8-9-37-15-24(33)16-37;1-3-5(6)7-4-2/h10-14,22,24,29,31H,6-9,15-16H2,1-5H3,(H2,35,40);3-4H2,1-2H3. The van der Waals surface area contributed by atoms with E-state index < -0.39 is 29.6 Å². The van der Waals surface area contributed by atoms with E-state index in [2.05, 4.69) is 22.0 Å². The number of carbonyl (C=O) groups excluding carboxylic acids is 2. The van der Waals surface area contributed by atoms with E-state index in [1.54, 1.807) is 27.7 Å². The van der Waals surface area contributed by atoms with Crippen molar-refractivity contribution in [2.24, 2.45) is 11.7 Å². The Morgan fingerprint density at radius 2 is 1.62 bits per heavy atom. The molecule has 5 rings (SSSR count). The quantitative estimate of drug-likeness (QED) is 0.257. The van der Waals surface area contributed by atoms with E-state index in [0.717, 1.165) is 40.7 Å². The summed E-state index contributed by atoms with van der Waals surface area (Å²) in [6.45, 7) is 15.1. The number of alkyl halides is 1. The van der Waals surface area contributed by atoms with Crippen LogP contribution in [0.25, 0.3) is 11.1 Å². The molecule has 254 valence electrons. The lowest BCUT2D eigenvalue weighted by molar-refractivity contribution is -0.142. The van der Waals surface area contributed by atoms with Gasteiger partial charge in [0.1, 0.15) is 18.0 Å². The molecule has 0 spiro atoms. The SMILES string of the molecule is CCOC(=O)CC.Cc1cc(C)c(-c2cc(C)c(F)c(C(C3CC3)C(C(N)=O)n3nc(CCN4CC(F)C4)c(C)cc3=O)c2)c(C)c1. The Kier molecular flexibility index (Phi) is 11.7. The second-order valence-electron chi connectivity index (χ2n) is 13.0. The average Bonchev–Trinajstić information content (AvgIpc) is 3.81. The lowest BCUT2D eigenvalue weighted by Crippen LogP contribution is -2.49. The van der Waals surface area contributed by atoms with Crippen LogP contribution < -0.4 is 11.3 Å². The molecular weight excluding hydrogens is 602 g/mol. The van der Waals surface area contributed by atoms with Crippen LogP contribution in [0, 0.1) is 46.4 Å². The van der Waals surface area contributed by atoms with Crippen LogP contribution >= 0.6 is 0 Å². The molecule has 1 saturated heterocycles. The smallest absolute Gasteiger partial charge is 0.305 e. The number of carbonyl (C=O) groups is 2. The number of aryl methyl sites for hydroxylation is 5. The van der Waals surface area contributed by atoms with Crippen LogP contribution in [0.2, 0.25) is 0 Å². The maximum absolute atomic E-state index is 16.0. The fourth-order valence-electron chi connectivity index (χ4n) is 6.66. The fourth-order valence-corrected chi connectivity index (χ4v) is 6.66. The van der Waals surface area contributed by atoms with Crippen LogP contribution in [0.1, 0.15) is 84.1 Å². The number of amides is 1. The van der Waals surface area contributed by atoms with Crippen molar-refractivity contribution < 1.29 is 23.1 Å². The summed E-state index contributed by atoms with van der Waals surface area (Å²) in [6, 6.07) is 8.23. The molecule has 2 heterocycles. The van der Waals surface area contributed by atoms with Gasteiger partial charge >= 0.3 is 5.97 Å². The third-order valence-corrected chi connectivity index (χ3v) is 9.05. The molecule has 2 aromatic carbocycles. The summed E-state index contributed by atoms with van der Waals surface area (Å²) in [4.78, 5) is 38.5. The maximum Gasteiger partial charge on any atom is 0.305 e. The van der Waals surface area contributed by atoms with E-state index in [9.17, 15) is 18.8 Å². The summed E-state index contributed by atoms with van der Waals surface area (Å²) in [5.74, 6) is -1.85. The summed E-state index contributed by atoms with van der Waals surface area (Å²) in [6.07, 6.45) is 1.81. The molecule has 2 unspecified atom stereocenters. The minimum absolute atomic E-state index is 0.00268. The van der Waals surface area contributed by atoms with Gasteiger partial charge in [-0.1, -0.05) is 24.6 Å². The van der Waals surface area contributed by atoms with Crippen molar-refractivity contribution in [2.45, 2.75) is 92.3 Å². The van der Waals surface area contributed by atoms with Crippen LogP contribution in [0.4, 0.5) is 8.78 Å². The number of ether oxygens (including phenoxy) is 1. The Labute approximate surface area is 276 Å². The van der Waals surface area contributed by atoms with Crippen molar-refractivity contribution in [1.29, 1.82) is 0 Å². The van der Waals surface area contributed by atoms with Gasteiger partial charge in [0.2, 0.25) is 5.91 Å². The summed E-state index contributed by atoms with van der Waals surface area (Å²) in [5.41, 5.74) is 13.0. The van der Waals surface area contributed by atoms with E-state index in [0.29, 0.717) is 61.5 Å².